The first-order chi connectivity index (χ1) is 6.88. The monoisotopic (exact) mass is 184 g/mol. The van der Waals surface area contributed by atoms with Gasteiger partial charge in [-0.15, -0.1) is 0 Å². The van der Waals surface area contributed by atoms with Crippen LogP contribution >= 0.6 is 0 Å². The van der Waals surface area contributed by atoms with Crippen LogP contribution in [0.1, 0.15) is 6.92 Å². The fourth-order valence-electron chi connectivity index (χ4n) is 2.13. The van der Waals surface area contributed by atoms with E-state index >= 15 is 0 Å². The second kappa shape index (κ2) is 2.64. The van der Waals surface area contributed by atoms with E-state index in [1.54, 1.807) is 0 Å². The van der Waals surface area contributed by atoms with Gasteiger partial charge in [0.15, 0.2) is 0 Å². The average molecular weight is 184 g/mol. The largest absolute Gasteiger partial charge is 0.325 e. The number of nitrogens with zero attached hydrogens (tertiary/aromatic N) is 2. The smallest absolute Gasteiger partial charge is 0.107 e. The van der Waals surface area contributed by atoms with E-state index in [1.807, 2.05) is 0 Å². The average Bonchev–Trinajstić information content (AvgIpc) is 2.55. The third-order valence-corrected chi connectivity index (χ3v) is 2.85. The summed E-state index contributed by atoms with van der Waals surface area (Å²) in [5.74, 6) is 0. The standard InChI is InChI=1S/C12H12N2/c1-10-13-8-4-2-6-11(13)12-7-3-5-9-14(10)12/h2-10H,1H3. The summed E-state index contributed by atoms with van der Waals surface area (Å²) in [6.07, 6.45) is 17.3. The van der Waals surface area contributed by atoms with Crippen molar-refractivity contribution in [1.82, 2.24) is 9.80 Å². The Balaban J connectivity index is 2.14. The van der Waals surface area contributed by atoms with Crippen LogP contribution in [-0.2, 0) is 0 Å². The lowest BCUT2D eigenvalue weighted by molar-refractivity contribution is 0.255. The van der Waals surface area contributed by atoms with Crippen molar-refractivity contribution >= 4 is 0 Å². The summed E-state index contributed by atoms with van der Waals surface area (Å²) in [4.78, 5) is 4.57. The lowest BCUT2D eigenvalue weighted by Crippen LogP contribution is -2.32. The molecule has 3 aliphatic heterocycles. The van der Waals surface area contributed by atoms with E-state index in [4.69, 9.17) is 0 Å². The summed E-state index contributed by atoms with van der Waals surface area (Å²) in [7, 11) is 0. The molecule has 0 aromatic carbocycles. The molecule has 0 unspecified atom stereocenters. The minimum absolute atomic E-state index is 0.391. The summed E-state index contributed by atoms with van der Waals surface area (Å²) in [6, 6.07) is 0. The molecule has 0 fully saturated rings. The third kappa shape index (κ3) is 0.854. The molecule has 2 heteroatoms. The summed E-state index contributed by atoms with van der Waals surface area (Å²) in [6.45, 7) is 2.21. The Morgan fingerprint density at radius 2 is 1.36 bits per heavy atom. The van der Waals surface area contributed by atoms with Gasteiger partial charge in [0, 0.05) is 12.4 Å². The van der Waals surface area contributed by atoms with Crippen LogP contribution in [0.2, 0.25) is 0 Å². The molecule has 14 heavy (non-hydrogen) atoms. The highest BCUT2D eigenvalue weighted by molar-refractivity contribution is 5.44. The Kier molecular flexibility index (Phi) is 1.45. The topological polar surface area (TPSA) is 6.48 Å². The van der Waals surface area contributed by atoms with E-state index in [0.717, 1.165) is 0 Å². The number of hydrogen-bond acceptors (Lipinski definition) is 2. The Bertz CT molecular complexity index is 372. The molecule has 70 valence electrons. The molecule has 0 aromatic heterocycles. The Labute approximate surface area is 83.8 Å². The molecular formula is C12H12N2. The number of allylic oxidation sites excluding steroid dienone is 6. The second-order valence-electron chi connectivity index (χ2n) is 3.62. The molecule has 0 atom stereocenters. The van der Waals surface area contributed by atoms with Crippen LogP contribution in [0.15, 0.2) is 60.3 Å². The summed E-state index contributed by atoms with van der Waals surface area (Å²) in [5, 5.41) is 0. The van der Waals surface area contributed by atoms with Crippen molar-refractivity contribution in [2.45, 2.75) is 13.1 Å². The van der Waals surface area contributed by atoms with E-state index in [9.17, 15) is 0 Å². The predicted molar refractivity (Wildman–Crippen MR) is 56.7 cm³/mol. The van der Waals surface area contributed by atoms with Crippen LogP contribution < -0.4 is 0 Å². The van der Waals surface area contributed by atoms with Crippen molar-refractivity contribution in [2.75, 3.05) is 0 Å². The van der Waals surface area contributed by atoms with Crippen molar-refractivity contribution in [3.05, 3.63) is 60.3 Å². The maximum Gasteiger partial charge on any atom is 0.107 e. The van der Waals surface area contributed by atoms with Crippen molar-refractivity contribution in [1.29, 1.82) is 0 Å². The number of fused-ring (bicyclic) bond motifs is 2. The molecule has 0 saturated heterocycles. The van der Waals surface area contributed by atoms with Gasteiger partial charge in [-0.1, -0.05) is 12.2 Å². The minimum Gasteiger partial charge on any atom is -0.325 e. The van der Waals surface area contributed by atoms with Gasteiger partial charge in [0.1, 0.15) is 6.17 Å². The molecule has 0 amide bonds. The highest BCUT2D eigenvalue weighted by Crippen LogP contribution is 2.34. The van der Waals surface area contributed by atoms with E-state index < -0.39 is 0 Å². The van der Waals surface area contributed by atoms with Gasteiger partial charge in [-0.05, 0) is 31.2 Å². The minimum atomic E-state index is 0.391. The van der Waals surface area contributed by atoms with Crippen molar-refractivity contribution in [3.63, 3.8) is 0 Å². The van der Waals surface area contributed by atoms with Gasteiger partial charge in [-0.25, -0.2) is 0 Å². The molecule has 3 aliphatic rings. The lowest BCUT2D eigenvalue weighted by Gasteiger charge is -2.28. The summed E-state index contributed by atoms with van der Waals surface area (Å²) in [5.41, 5.74) is 2.58. The maximum atomic E-state index is 2.29. The molecule has 0 aliphatic carbocycles. The summed E-state index contributed by atoms with van der Waals surface area (Å²) < 4.78 is 0. The van der Waals surface area contributed by atoms with Crippen LogP contribution in [0.5, 0.6) is 0 Å². The van der Waals surface area contributed by atoms with Gasteiger partial charge in [-0.3, -0.25) is 0 Å². The van der Waals surface area contributed by atoms with E-state index in [0.29, 0.717) is 6.17 Å². The van der Waals surface area contributed by atoms with Crippen molar-refractivity contribution < 1.29 is 0 Å². The molecule has 3 heterocycles. The van der Waals surface area contributed by atoms with Crippen molar-refractivity contribution in [2.24, 2.45) is 0 Å². The zero-order valence-corrected chi connectivity index (χ0v) is 8.09. The van der Waals surface area contributed by atoms with Gasteiger partial charge in [0.2, 0.25) is 0 Å². The predicted octanol–water partition coefficient (Wildman–Crippen LogP) is 2.33. The van der Waals surface area contributed by atoms with E-state index in [1.165, 1.54) is 11.4 Å². The number of hydrogen-bond donors (Lipinski definition) is 0. The fraction of sp³-hybridized carbons (Fsp3) is 0.167. The SMILES string of the molecule is CC1N2C=CC=CC2=C2C=CC=CN21. The van der Waals surface area contributed by atoms with Crippen LogP contribution in [0.3, 0.4) is 0 Å². The molecule has 0 saturated carbocycles. The Morgan fingerprint density at radius 1 is 0.857 bits per heavy atom. The molecular weight excluding hydrogens is 172 g/mol. The van der Waals surface area contributed by atoms with Gasteiger partial charge < -0.3 is 9.80 Å². The Hall–Kier alpha value is -1.70. The lowest BCUT2D eigenvalue weighted by atomic mass is 10.2. The van der Waals surface area contributed by atoms with Crippen molar-refractivity contribution in [3.8, 4) is 0 Å². The van der Waals surface area contributed by atoms with Gasteiger partial charge in [0.05, 0.1) is 11.4 Å². The first kappa shape index (κ1) is 7.68. The van der Waals surface area contributed by atoms with Gasteiger partial charge >= 0.3 is 0 Å². The van der Waals surface area contributed by atoms with Gasteiger partial charge in [-0.2, -0.15) is 0 Å². The molecule has 0 spiro atoms. The summed E-state index contributed by atoms with van der Waals surface area (Å²) >= 11 is 0. The second-order valence-corrected chi connectivity index (χ2v) is 3.62. The van der Waals surface area contributed by atoms with Gasteiger partial charge in [0.25, 0.3) is 0 Å². The van der Waals surface area contributed by atoms with Crippen LogP contribution in [0.4, 0.5) is 0 Å². The molecule has 2 nitrogen and oxygen atoms in total. The first-order valence-electron chi connectivity index (χ1n) is 4.88. The third-order valence-electron chi connectivity index (χ3n) is 2.85. The quantitative estimate of drug-likeness (QED) is 0.570. The van der Waals surface area contributed by atoms with E-state index in [2.05, 4.69) is 65.6 Å². The molecule has 0 bridgehead atoms. The number of rotatable bonds is 0. The van der Waals surface area contributed by atoms with E-state index in [-0.39, 0.29) is 0 Å². The highest BCUT2D eigenvalue weighted by Gasteiger charge is 2.31. The molecule has 3 rings (SSSR count). The normalized spacial score (nSPS) is 23.5. The zero-order valence-electron chi connectivity index (χ0n) is 8.09. The van der Waals surface area contributed by atoms with Crippen LogP contribution in [-0.4, -0.2) is 16.0 Å². The maximum absolute atomic E-state index is 2.29. The fourth-order valence-corrected chi connectivity index (χ4v) is 2.13. The first-order valence-corrected chi connectivity index (χ1v) is 4.88. The molecule has 0 N–H and O–H groups in total. The zero-order chi connectivity index (χ0) is 9.54. The van der Waals surface area contributed by atoms with Crippen LogP contribution in [0, 0.1) is 0 Å². The van der Waals surface area contributed by atoms with Crippen LogP contribution in [0.25, 0.3) is 0 Å². The highest BCUT2D eigenvalue weighted by atomic mass is 15.4. The molecule has 0 radical (unpaired) electrons. The Morgan fingerprint density at radius 3 is 1.86 bits per heavy atom. The molecule has 0 aromatic rings.